The van der Waals surface area contributed by atoms with Crippen LogP contribution < -0.4 is 5.32 Å². The molecule has 0 atom stereocenters. The quantitative estimate of drug-likeness (QED) is 0.934. The molecule has 5 rings (SSSR count). The van der Waals surface area contributed by atoms with Gasteiger partial charge in [-0.1, -0.05) is 18.6 Å². The lowest BCUT2D eigenvalue weighted by Crippen LogP contribution is -2.30. The standard InChI is InChI=1S/C19H22N4O/c24-17(14-5-6-14)21-18-20-16-4-1-3-15(23(16)22-18)13-7-11-19(12-8-13)9-2-10-19/h1,3-4,7,14H,2,5-6,8-12H2,(H,21,22,24). The second-order valence-electron chi connectivity index (χ2n) is 7.67. The Labute approximate surface area is 141 Å². The summed E-state index contributed by atoms with van der Waals surface area (Å²) in [5.74, 6) is 0.637. The summed E-state index contributed by atoms with van der Waals surface area (Å²) in [6.45, 7) is 0. The van der Waals surface area contributed by atoms with Gasteiger partial charge in [-0.25, -0.2) is 4.52 Å². The third kappa shape index (κ3) is 2.34. The van der Waals surface area contributed by atoms with E-state index in [1.54, 1.807) is 0 Å². The summed E-state index contributed by atoms with van der Waals surface area (Å²) in [6.07, 6.45) is 12.1. The van der Waals surface area contributed by atoms with Crippen molar-refractivity contribution in [2.75, 3.05) is 5.32 Å². The Bertz CT molecular complexity index is 842. The molecule has 0 aromatic carbocycles. The van der Waals surface area contributed by atoms with Crippen LogP contribution in [0.2, 0.25) is 0 Å². The summed E-state index contributed by atoms with van der Waals surface area (Å²) in [5, 5.41) is 7.39. The smallest absolute Gasteiger partial charge is 0.249 e. The van der Waals surface area contributed by atoms with Crippen LogP contribution in [-0.2, 0) is 4.79 Å². The van der Waals surface area contributed by atoms with Crippen LogP contribution in [0.5, 0.6) is 0 Å². The Morgan fingerprint density at radius 1 is 1.25 bits per heavy atom. The van der Waals surface area contributed by atoms with Gasteiger partial charge in [0.1, 0.15) is 0 Å². The Hall–Kier alpha value is -2.17. The van der Waals surface area contributed by atoms with E-state index in [4.69, 9.17) is 0 Å². The zero-order valence-corrected chi connectivity index (χ0v) is 13.8. The number of carbonyl (C=O) groups is 1. The third-order valence-corrected chi connectivity index (χ3v) is 5.99. The van der Waals surface area contributed by atoms with Gasteiger partial charge in [0, 0.05) is 5.92 Å². The number of anilines is 1. The van der Waals surface area contributed by atoms with E-state index in [1.165, 1.54) is 37.7 Å². The summed E-state index contributed by atoms with van der Waals surface area (Å²) < 4.78 is 1.88. The van der Waals surface area contributed by atoms with E-state index in [2.05, 4.69) is 27.5 Å². The molecule has 5 heteroatoms. The van der Waals surface area contributed by atoms with Crippen LogP contribution in [0, 0.1) is 11.3 Å². The molecule has 0 aliphatic heterocycles. The number of nitrogens with one attached hydrogen (secondary N) is 1. The van der Waals surface area contributed by atoms with Crippen LogP contribution in [0.4, 0.5) is 5.95 Å². The highest BCUT2D eigenvalue weighted by Gasteiger charge is 2.38. The predicted molar refractivity (Wildman–Crippen MR) is 92.5 cm³/mol. The fourth-order valence-electron chi connectivity index (χ4n) is 4.07. The van der Waals surface area contributed by atoms with Crippen molar-refractivity contribution in [2.24, 2.45) is 11.3 Å². The summed E-state index contributed by atoms with van der Waals surface area (Å²) in [4.78, 5) is 16.4. The number of aromatic nitrogens is 3. The van der Waals surface area contributed by atoms with Gasteiger partial charge in [-0.15, -0.1) is 5.10 Å². The average molecular weight is 322 g/mol. The van der Waals surface area contributed by atoms with Crippen LogP contribution in [0.1, 0.15) is 57.1 Å². The second-order valence-corrected chi connectivity index (χ2v) is 7.67. The molecule has 0 saturated heterocycles. The number of fused-ring (bicyclic) bond motifs is 1. The highest BCUT2D eigenvalue weighted by molar-refractivity contribution is 5.92. The fraction of sp³-hybridized carbons (Fsp3) is 0.526. The largest absolute Gasteiger partial charge is 0.293 e. The molecule has 124 valence electrons. The maximum atomic E-state index is 11.9. The van der Waals surface area contributed by atoms with Crippen LogP contribution in [0.15, 0.2) is 24.3 Å². The van der Waals surface area contributed by atoms with Gasteiger partial charge in [-0.05, 0) is 68.1 Å². The van der Waals surface area contributed by atoms with Crippen molar-refractivity contribution in [3.05, 3.63) is 30.0 Å². The van der Waals surface area contributed by atoms with E-state index >= 15 is 0 Å². The summed E-state index contributed by atoms with van der Waals surface area (Å²) in [5.41, 5.74) is 3.87. The maximum Gasteiger partial charge on any atom is 0.249 e. The molecule has 5 nitrogen and oxygen atoms in total. The Balaban J connectivity index is 1.45. The van der Waals surface area contributed by atoms with Gasteiger partial charge >= 0.3 is 0 Å². The van der Waals surface area contributed by atoms with Crippen LogP contribution in [0.25, 0.3) is 11.2 Å². The first-order valence-corrected chi connectivity index (χ1v) is 9.09. The molecule has 2 saturated carbocycles. The Morgan fingerprint density at radius 3 is 2.79 bits per heavy atom. The number of amides is 1. The van der Waals surface area contributed by atoms with E-state index in [9.17, 15) is 4.79 Å². The first-order valence-electron chi connectivity index (χ1n) is 9.09. The number of hydrogen-bond acceptors (Lipinski definition) is 3. The molecule has 1 amide bonds. The van der Waals surface area contributed by atoms with Crippen molar-refractivity contribution < 1.29 is 4.79 Å². The normalized spacial score (nSPS) is 22.2. The predicted octanol–water partition coefficient (Wildman–Crippen LogP) is 3.82. The molecule has 0 bridgehead atoms. The lowest BCUT2D eigenvalue weighted by Gasteiger charge is -2.44. The average Bonchev–Trinajstić information content (AvgIpc) is 3.34. The van der Waals surface area contributed by atoms with Crippen LogP contribution >= 0.6 is 0 Å². The minimum atomic E-state index is 0.0521. The third-order valence-electron chi connectivity index (χ3n) is 5.99. The van der Waals surface area contributed by atoms with E-state index < -0.39 is 0 Å². The molecule has 0 unspecified atom stereocenters. The number of rotatable bonds is 3. The molecular formula is C19H22N4O. The topological polar surface area (TPSA) is 59.3 Å². The molecule has 2 fully saturated rings. The van der Waals surface area contributed by atoms with Crippen molar-refractivity contribution in [3.63, 3.8) is 0 Å². The van der Waals surface area contributed by atoms with Crippen molar-refractivity contribution in [2.45, 2.75) is 51.4 Å². The van der Waals surface area contributed by atoms with E-state index in [-0.39, 0.29) is 11.8 Å². The fourth-order valence-corrected chi connectivity index (χ4v) is 4.07. The van der Waals surface area contributed by atoms with E-state index in [0.29, 0.717) is 11.4 Å². The van der Waals surface area contributed by atoms with E-state index in [0.717, 1.165) is 30.6 Å². The number of hydrogen-bond donors (Lipinski definition) is 1. The SMILES string of the molecule is O=C(Nc1nc2cccc(C3=CCC4(CCC4)CC3)n2n1)C1CC1. The summed E-state index contributed by atoms with van der Waals surface area (Å²) in [7, 11) is 0. The minimum Gasteiger partial charge on any atom is -0.293 e. The van der Waals surface area contributed by atoms with Gasteiger partial charge in [0.15, 0.2) is 5.65 Å². The highest BCUT2D eigenvalue weighted by atomic mass is 16.2. The van der Waals surface area contributed by atoms with Crippen molar-refractivity contribution in [1.82, 2.24) is 14.6 Å². The lowest BCUT2D eigenvalue weighted by atomic mass is 9.61. The molecule has 1 spiro atoms. The van der Waals surface area contributed by atoms with Crippen molar-refractivity contribution in [1.29, 1.82) is 0 Å². The summed E-state index contributed by atoms with van der Waals surface area (Å²) >= 11 is 0. The van der Waals surface area contributed by atoms with Gasteiger partial charge in [-0.2, -0.15) is 4.98 Å². The summed E-state index contributed by atoms with van der Waals surface area (Å²) in [6, 6.07) is 6.08. The van der Waals surface area contributed by atoms with Gasteiger partial charge in [-0.3, -0.25) is 10.1 Å². The second kappa shape index (κ2) is 5.16. The maximum absolute atomic E-state index is 11.9. The lowest BCUT2D eigenvalue weighted by molar-refractivity contribution is -0.117. The van der Waals surface area contributed by atoms with E-state index in [1.807, 2.05) is 16.6 Å². The zero-order chi connectivity index (χ0) is 16.1. The van der Waals surface area contributed by atoms with Gasteiger partial charge < -0.3 is 0 Å². The monoisotopic (exact) mass is 322 g/mol. The van der Waals surface area contributed by atoms with Crippen LogP contribution in [-0.4, -0.2) is 20.5 Å². The first-order chi connectivity index (χ1) is 11.7. The van der Waals surface area contributed by atoms with Crippen molar-refractivity contribution in [3.8, 4) is 0 Å². The van der Waals surface area contributed by atoms with Gasteiger partial charge in [0.2, 0.25) is 11.9 Å². The molecule has 1 N–H and O–H groups in total. The van der Waals surface area contributed by atoms with Crippen LogP contribution in [0.3, 0.4) is 0 Å². The number of carbonyl (C=O) groups excluding carboxylic acids is 1. The van der Waals surface area contributed by atoms with Gasteiger partial charge in [0.25, 0.3) is 0 Å². The number of nitrogens with zero attached hydrogens (tertiary/aromatic N) is 3. The molecule has 3 aliphatic rings. The molecule has 2 aromatic rings. The Morgan fingerprint density at radius 2 is 2.12 bits per heavy atom. The first kappa shape index (κ1) is 14.2. The highest BCUT2D eigenvalue weighted by Crippen LogP contribution is 2.52. The number of allylic oxidation sites excluding steroid dienone is 2. The molecule has 24 heavy (non-hydrogen) atoms. The molecule has 3 aliphatic carbocycles. The van der Waals surface area contributed by atoms with Gasteiger partial charge in [0.05, 0.1) is 5.69 Å². The molecule has 2 heterocycles. The molecule has 2 aromatic heterocycles. The number of pyridine rings is 1. The molecular weight excluding hydrogens is 300 g/mol. The zero-order valence-electron chi connectivity index (χ0n) is 13.8. The Kier molecular flexibility index (Phi) is 3.05. The minimum absolute atomic E-state index is 0.0521. The molecule has 0 radical (unpaired) electrons. The van der Waals surface area contributed by atoms with Crippen molar-refractivity contribution >= 4 is 23.1 Å².